The summed E-state index contributed by atoms with van der Waals surface area (Å²) in [5, 5.41) is 9.00. The fraction of sp³-hybridized carbons (Fsp3) is 0.867. The van der Waals surface area contributed by atoms with Crippen LogP contribution in [-0.4, -0.2) is 51.5 Å². The number of carboxylic acids is 1. The van der Waals surface area contributed by atoms with Gasteiger partial charge in [0, 0.05) is 17.8 Å². The molecule has 0 aromatic heterocycles. The van der Waals surface area contributed by atoms with Crippen molar-refractivity contribution >= 4 is 23.6 Å². The van der Waals surface area contributed by atoms with E-state index >= 15 is 0 Å². The van der Waals surface area contributed by atoms with Crippen LogP contribution in [0.1, 0.15) is 41.5 Å². The van der Waals surface area contributed by atoms with Crippen LogP contribution in [0, 0.1) is 11.8 Å². The molecule has 0 bridgehead atoms. The van der Waals surface area contributed by atoms with Crippen LogP contribution < -0.4 is 5.73 Å². The highest BCUT2D eigenvalue weighted by molar-refractivity contribution is 8.01. The summed E-state index contributed by atoms with van der Waals surface area (Å²) in [5.74, 6) is 0.0844. The number of carboxylic acid groups (broad SMARTS) is 1. The van der Waals surface area contributed by atoms with Crippen molar-refractivity contribution in [3.8, 4) is 0 Å². The van der Waals surface area contributed by atoms with Gasteiger partial charge in [-0.15, -0.1) is 11.8 Å². The van der Waals surface area contributed by atoms with E-state index in [0.29, 0.717) is 11.8 Å². The van der Waals surface area contributed by atoms with E-state index in [4.69, 9.17) is 10.8 Å². The number of hydrogen-bond acceptors (Lipinski definition) is 4. The normalized spacial score (nSPS) is 13.6. The van der Waals surface area contributed by atoms with Gasteiger partial charge in [-0.3, -0.25) is 9.59 Å². The van der Waals surface area contributed by atoms with Gasteiger partial charge in [0.1, 0.15) is 6.04 Å². The van der Waals surface area contributed by atoms with Gasteiger partial charge in [0.15, 0.2) is 0 Å². The zero-order chi connectivity index (χ0) is 16.8. The molecule has 0 spiro atoms. The lowest BCUT2D eigenvalue weighted by Gasteiger charge is -2.30. The monoisotopic (exact) mass is 318 g/mol. The van der Waals surface area contributed by atoms with E-state index in [1.807, 2.05) is 4.90 Å². The molecule has 0 heterocycles. The fourth-order valence-corrected chi connectivity index (χ4v) is 2.84. The molecular formula is C15H30N2O3S. The Morgan fingerprint density at radius 3 is 1.90 bits per heavy atom. The van der Waals surface area contributed by atoms with Crippen molar-refractivity contribution in [1.29, 1.82) is 0 Å². The average Bonchev–Trinajstić information content (AvgIpc) is 2.32. The van der Waals surface area contributed by atoms with Gasteiger partial charge in [-0.1, -0.05) is 27.7 Å². The Hall–Kier alpha value is -0.750. The van der Waals surface area contributed by atoms with Gasteiger partial charge in [0.05, 0.1) is 5.75 Å². The number of carbonyl (C=O) groups excluding carboxylic acids is 1. The van der Waals surface area contributed by atoms with Gasteiger partial charge in [-0.25, -0.2) is 0 Å². The molecule has 5 nitrogen and oxygen atoms in total. The number of aliphatic carboxylic acids is 1. The number of nitrogens with zero attached hydrogens (tertiary/aromatic N) is 1. The minimum absolute atomic E-state index is 0.0491. The highest BCUT2D eigenvalue weighted by atomic mass is 32.2. The molecule has 6 heteroatoms. The second-order valence-corrected chi connectivity index (χ2v) is 8.42. The topological polar surface area (TPSA) is 83.6 Å². The first kappa shape index (κ1) is 20.2. The second-order valence-electron chi connectivity index (χ2n) is 6.79. The van der Waals surface area contributed by atoms with Gasteiger partial charge >= 0.3 is 5.97 Å². The maximum Gasteiger partial charge on any atom is 0.321 e. The van der Waals surface area contributed by atoms with Gasteiger partial charge in [-0.2, -0.15) is 0 Å². The summed E-state index contributed by atoms with van der Waals surface area (Å²) in [6, 6.07) is -0.987. The highest BCUT2D eigenvalue weighted by Gasteiger charge is 2.33. The Labute approximate surface area is 132 Å². The Morgan fingerprint density at radius 1 is 1.14 bits per heavy atom. The number of rotatable bonds is 9. The van der Waals surface area contributed by atoms with Crippen LogP contribution in [0.3, 0.4) is 0 Å². The Morgan fingerprint density at radius 2 is 1.57 bits per heavy atom. The largest absolute Gasteiger partial charge is 0.480 e. The highest BCUT2D eigenvalue weighted by Crippen LogP contribution is 2.27. The molecule has 3 N–H and O–H groups in total. The maximum atomic E-state index is 12.4. The molecule has 0 aromatic carbocycles. The van der Waals surface area contributed by atoms with Gasteiger partial charge in [0.25, 0.3) is 0 Å². The maximum absolute atomic E-state index is 12.4. The van der Waals surface area contributed by atoms with E-state index in [1.54, 1.807) is 13.8 Å². The molecular weight excluding hydrogens is 288 g/mol. The number of carbonyl (C=O) groups is 2. The van der Waals surface area contributed by atoms with Crippen molar-refractivity contribution in [2.45, 2.75) is 52.3 Å². The molecule has 0 aliphatic heterocycles. The number of hydrogen-bond donors (Lipinski definition) is 2. The van der Waals surface area contributed by atoms with E-state index < -0.39 is 16.8 Å². The van der Waals surface area contributed by atoms with E-state index in [-0.39, 0.29) is 11.7 Å². The zero-order valence-electron chi connectivity index (χ0n) is 14.0. The molecule has 21 heavy (non-hydrogen) atoms. The van der Waals surface area contributed by atoms with Crippen LogP contribution in [0.2, 0.25) is 0 Å². The summed E-state index contributed by atoms with van der Waals surface area (Å²) in [6.45, 7) is 13.3. The molecule has 1 atom stereocenters. The smallest absolute Gasteiger partial charge is 0.321 e. The number of nitrogens with two attached hydrogens (primary N) is 1. The lowest BCUT2D eigenvalue weighted by molar-refractivity contribution is -0.139. The van der Waals surface area contributed by atoms with E-state index in [0.717, 1.165) is 13.1 Å². The van der Waals surface area contributed by atoms with Crippen molar-refractivity contribution in [1.82, 2.24) is 4.90 Å². The van der Waals surface area contributed by atoms with Gasteiger partial charge < -0.3 is 15.7 Å². The van der Waals surface area contributed by atoms with Crippen LogP contribution >= 0.6 is 11.8 Å². The minimum Gasteiger partial charge on any atom is -0.480 e. The predicted octanol–water partition coefficient (Wildman–Crippen LogP) is 2.05. The zero-order valence-corrected chi connectivity index (χ0v) is 14.9. The van der Waals surface area contributed by atoms with Crippen LogP contribution in [0.5, 0.6) is 0 Å². The molecule has 0 fully saturated rings. The third-order valence-corrected chi connectivity index (χ3v) is 4.50. The molecule has 0 aliphatic rings. The van der Waals surface area contributed by atoms with E-state index in [9.17, 15) is 9.59 Å². The molecule has 0 radical (unpaired) electrons. The molecule has 0 aliphatic carbocycles. The molecule has 0 unspecified atom stereocenters. The van der Waals surface area contributed by atoms with Crippen molar-refractivity contribution < 1.29 is 14.7 Å². The fourth-order valence-electron chi connectivity index (χ4n) is 1.89. The van der Waals surface area contributed by atoms with Crippen molar-refractivity contribution in [2.24, 2.45) is 17.6 Å². The van der Waals surface area contributed by atoms with E-state index in [2.05, 4.69) is 27.7 Å². The first-order valence-electron chi connectivity index (χ1n) is 7.37. The van der Waals surface area contributed by atoms with E-state index in [1.165, 1.54) is 11.8 Å². The summed E-state index contributed by atoms with van der Waals surface area (Å²) in [5.41, 5.74) is 5.67. The molecule has 0 saturated carbocycles. The minimum atomic E-state index is -1.04. The molecule has 0 saturated heterocycles. The molecule has 124 valence electrons. The standard InChI is InChI=1S/C15H30N2O3S/c1-10(2)7-17(8-11(3)4)12(18)9-21-15(5,6)13(16)14(19)20/h10-11,13H,7-9,16H2,1-6H3,(H,19,20)/t13-/m0/s1. The van der Waals surface area contributed by atoms with Crippen molar-refractivity contribution in [3.63, 3.8) is 0 Å². The lowest BCUT2D eigenvalue weighted by atomic mass is 10.1. The third-order valence-electron chi connectivity index (χ3n) is 3.11. The number of amides is 1. The summed E-state index contributed by atoms with van der Waals surface area (Å²) in [4.78, 5) is 25.2. The predicted molar refractivity (Wildman–Crippen MR) is 88.4 cm³/mol. The second kappa shape index (κ2) is 8.63. The molecule has 0 aromatic rings. The average molecular weight is 318 g/mol. The first-order valence-corrected chi connectivity index (χ1v) is 8.36. The quantitative estimate of drug-likeness (QED) is 0.680. The SMILES string of the molecule is CC(C)CN(CC(C)C)C(=O)CSC(C)(C)[C@@H](N)C(=O)O. The summed E-state index contributed by atoms with van der Waals surface area (Å²) < 4.78 is -0.678. The lowest BCUT2D eigenvalue weighted by Crippen LogP contribution is -2.48. The molecule has 1 amide bonds. The van der Waals surface area contributed by atoms with Crippen LogP contribution in [-0.2, 0) is 9.59 Å². The Kier molecular flexibility index (Phi) is 8.33. The summed E-state index contributed by atoms with van der Waals surface area (Å²) >= 11 is 1.31. The third kappa shape index (κ3) is 7.71. The van der Waals surface area contributed by atoms with Gasteiger partial charge in [-0.05, 0) is 25.7 Å². The van der Waals surface area contributed by atoms with Crippen LogP contribution in [0.4, 0.5) is 0 Å². The summed E-state index contributed by atoms with van der Waals surface area (Å²) in [7, 11) is 0. The first-order chi connectivity index (χ1) is 9.47. The summed E-state index contributed by atoms with van der Waals surface area (Å²) in [6.07, 6.45) is 0. The van der Waals surface area contributed by atoms with Crippen LogP contribution in [0.15, 0.2) is 0 Å². The van der Waals surface area contributed by atoms with Crippen molar-refractivity contribution in [2.75, 3.05) is 18.8 Å². The van der Waals surface area contributed by atoms with Crippen LogP contribution in [0.25, 0.3) is 0 Å². The molecule has 0 rings (SSSR count). The van der Waals surface area contributed by atoms with Crippen molar-refractivity contribution in [3.05, 3.63) is 0 Å². The Balaban J connectivity index is 4.65. The number of thioether (sulfide) groups is 1. The Bertz CT molecular complexity index is 347. The van der Waals surface area contributed by atoms with Gasteiger partial charge in [0.2, 0.25) is 5.91 Å².